The van der Waals surface area contributed by atoms with Gasteiger partial charge in [-0.15, -0.1) is 11.3 Å². The van der Waals surface area contributed by atoms with Gasteiger partial charge in [0.25, 0.3) is 0 Å². The molecule has 0 bridgehead atoms. The first-order chi connectivity index (χ1) is 10.3. The number of rotatable bonds is 2. The van der Waals surface area contributed by atoms with E-state index in [0.717, 1.165) is 33.2 Å². The standard InChI is InChI=1S/C16H11N3OS/c20-15-7-11-6-12(17-8-13(11)18-15)14-9-21-16(19-14)10-4-2-1-3-5-10/h1-6,8-9H,7H2,(H,18,20). The summed E-state index contributed by atoms with van der Waals surface area (Å²) in [6, 6.07) is 12.0. The lowest BCUT2D eigenvalue weighted by atomic mass is 10.1. The summed E-state index contributed by atoms with van der Waals surface area (Å²) in [5.41, 5.74) is 4.55. The zero-order valence-corrected chi connectivity index (χ0v) is 11.9. The van der Waals surface area contributed by atoms with Crippen molar-refractivity contribution in [1.29, 1.82) is 0 Å². The predicted octanol–water partition coefficient (Wildman–Crippen LogP) is 3.37. The number of nitrogens with zero attached hydrogens (tertiary/aromatic N) is 2. The Morgan fingerprint density at radius 1 is 1.14 bits per heavy atom. The van der Waals surface area contributed by atoms with Gasteiger partial charge in [-0.05, 0) is 11.6 Å². The Morgan fingerprint density at radius 3 is 2.86 bits per heavy atom. The van der Waals surface area contributed by atoms with Crippen LogP contribution in [0.1, 0.15) is 5.56 Å². The number of benzene rings is 1. The fourth-order valence-corrected chi connectivity index (χ4v) is 3.19. The summed E-state index contributed by atoms with van der Waals surface area (Å²) >= 11 is 1.60. The summed E-state index contributed by atoms with van der Waals surface area (Å²) in [5.74, 6) is 0.0206. The van der Waals surface area contributed by atoms with Crippen LogP contribution in [0.15, 0.2) is 48.0 Å². The molecule has 1 N–H and O–H groups in total. The lowest BCUT2D eigenvalue weighted by Crippen LogP contribution is -2.03. The van der Waals surface area contributed by atoms with Crippen molar-refractivity contribution < 1.29 is 4.79 Å². The van der Waals surface area contributed by atoms with Crippen molar-refractivity contribution in [1.82, 2.24) is 9.97 Å². The van der Waals surface area contributed by atoms with Crippen LogP contribution >= 0.6 is 11.3 Å². The summed E-state index contributed by atoms with van der Waals surface area (Å²) in [4.78, 5) is 20.4. The number of carbonyl (C=O) groups is 1. The SMILES string of the molecule is O=C1Cc2cc(-c3csc(-c4ccccc4)n3)ncc2N1. The molecule has 4 nitrogen and oxygen atoms in total. The molecule has 4 rings (SSSR count). The molecular weight excluding hydrogens is 282 g/mol. The summed E-state index contributed by atoms with van der Waals surface area (Å²) < 4.78 is 0. The fraction of sp³-hybridized carbons (Fsp3) is 0.0625. The van der Waals surface area contributed by atoms with Gasteiger partial charge in [0.2, 0.25) is 5.91 Å². The van der Waals surface area contributed by atoms with Crippen LogP contribution in [-0.4, -0.2) is 15.9 Å². The van der Waals surface area contributed by atoms with E-state index in [0.29, 0.717) is 6.42 Å². The quantitative estimate of drug-likeness (QED) is 0.788. The van der Waals surface area contributed by atoms with Crippen LogP contribution < -0.4 is 5.32 Å². The third-order valence-corrected chi connectivity index (χ3v) is 4.29. The van der Waals surface area contributed by atoms with E-state index in [1.807, 2.05) is 41.8 Å². The number of aromatic nitrogens is 2. The summed E-state index contributed by atoms with van der Waals surface area (Å²) in [7, 11) is 0. The summed E-state index contributed by atoms with van der Waals surface area (Å²) in [6.07, 6.45) is 2.12. The monoisotopic (exact) mass is 293 g/mol. The van der Waals surface area contributed by atoms with Gasteiger partial charge in [0, 0.05) is 10.9 Å². The van der Waals surface area contributed by atoms with E-state index in [9.17, 15) is 4.79 Å². The maximum Gasteiger partial charge on any atom is 0.228 e. The van der Waals surface area contributed by atoms with Gasteiger partial charge in [0.15, 0.2) is 0 Å². The second kappa shape index (κ2) is 4.79. The average Bonchev–Trinajstić information content (AvgIpc) is 3.12. The van der Waals surface area contributed by atoms with Gasteiger partial charge in [0.05, 0.1) is 24.0 Å². The maximum absolute atomic E-state index is 11.4. The van der Waals surface area contributed by atoms with Gasteiger partial charge >= 0.3 is 0 Å². The first-order valence-corrected chi connectivity index (χ1v) is 7.48. The molecule has 3 heterocycles. The van der Waals surface area contributed by atoms with Crippen molar-refractivity contribution >= 4 is 22.9 Å². The molecule has 0 atom stereocenters. The molecule has 0 saturated heterocycles. The first-order valence-electron chi connectivity index (χ1n) is 6.60. The smallest absolute Gasteiger partial charge is 0.228 e. The van der Waals surface area contributed by atoms with Crippen molar-refractivity contribution in [2.24, 2.45) is 0 Å². The Morgan fingerprint density at radius 2 is 2.00 bits per heavy atom. The zero-order chi connectivity index (χ0) is 14.2. The molecule has 2 aromatic heterocycles. The molecular formula is C16H11N3OS. The van der Waals surface area contributed by atoms with E-state index in [4.69, 9.17) is 0 Å². The van der Waals surface area contributed by atoms with E-state index in [2.05, 4.69) is 15.3 Å². The van der Waals surface area contributed by atoms with Crippen molar-refractivity contribution in [2.45, 2.75) is 6.42 Å². The highest BCUT2D eigenvalue weighted by Crippen LogP contribution is 2.30. The molecule has 0 radical (unpaired) electrons. The molecule has 0 aliphatic carbocycles. The number of carbonyl (C=O) groups excluding carboxylic acids is 1. The lowest BCUT2D eigenvalue weighted by Gasteiger charge is -2.00. The number of hydrogen-bond acceptors (Lipinski definition) is 4. The van der Waals surface area contributed by atoms with Gasteiger partial charge in [-0.2, -0.15) is 0 Å². The predicted molar refractivity (Wildman–Crippen MR) is 83.1 cm³/mol. The maximum atomic E-state index is 11.4. The van der Waals surface area contributed by atoms with Crippen LogP contribution in [-0.2, 0) is 11.2 Å². The van der Waals surface area contributed by atoms with Gasteiger partial charge in [-0.3, -0.25) is 9.78 Å². The van der Waals surface area contributed by atoms with Crippen LogP contribution in [0.3, 0.4) is 0 Å². The minimum atomic E-state index is 0.0206. The number of thiazole rings is 1. The van der Waals surface area contributed by atoms with Crippen LogP contribution in [0.5, 0.6) is 0 Å². The molecule has 0 fully saturated rings. The second-order valence-corrected chi connectivity index (χ2v) is 5.71. The molecule has 102 valence electrons. The van der Waals surface area contributed by atoms with Crippen molar-refractivity contribution in [2.75, 3.05) is 5.32 Å². The van der Waals surface area contributed by atoms with E-state index in [1.165, 1.54) is 0 Å². The Balaban J connectivity index is 1.71. The van der Waals surface area contributed by atoms with Gasteiger partial charge in [-0.25, -0.2) is 4.98 Å². The van der Waals surface area contributed by atoms with E-state index in [1.54, 1.807) is 17.5 Å². The topological polar surface area (TPSA) is 54.9 Å². The third-order valence-electron chi connectivity index (χ3n) is 3.40. The highest BCUT2D eigenvalue weighted by atomic mass is 32.1. The number of anilines is 1. The molecule has 0 unspecified atom stereocenters. The highest BCUT2D eigenvalue weighted by molar-refractivity contribution is 7.13. The summed E-state index contributed by atoms with van der Waals surface area (Å²) in [6.45, 7) is 0. The van der Waals surface area contributed by atoms with Crippen molar-refractivity contribution in [3.63, 3.8) is 0 Å². The molecule has 1 aromatic carbocycles. The largest absolute Gasteiger partial charge is 0.324 e. The van der Waals surface area contributed by atoms with Crippen LogP contribution in [0, 0.1) is 0 Å². The average molecular weight is 293 g/mol. The molecule has 21 heavy (non-hydrogen) atoms. The minimum absolute atomic E-state index is 0.0206. The minimum Gasteiger partial charge on any atom is -0.324 e. The normalized spacial score (nSPS) is 13.0. The number of fused-ring (bicyclic) bond motifs is 1. The molecule has 3 aromatic rings. The Hall–Kier alpha value is -2.53. The van der Waals surface area contributed by atoms with Crippen LogP contribution in [0.4, 0.5) is 5.69 Å². The number of hydrogen-bond donors (Lipinski definition) is 1. The molecule has 5 heteroatoms. The number of amides is 1. The van der Waals surface area contributed by atoms with Crippen molar-refractivity contribution in [3.8, 4) is 22.0 Å². The molecule has 0 spiro atoms. The van der Waals surface area contributed by atoms with Gasteiger partial charge in [-0.1, -0.05) is 30.3 Å². The molecule has 1 aliphatic rings. The summed E-state index contributed by atoms with van der Waals surface area (Å²) in [5, 5.41) is 5.76. The Labute approximate surface area is 125 Å². The van der Waals surface area contributed by atoms with E-state index in [-0.39, 0.29) is 5.91 Å². The van der Waals surface area contributed by atoms with E-state index >= 15 is 0 Å². The zero-order valence-electron chi connectivity index (χ0n) is 11.0. The third kappa shape index (κ3) is 2.21. The van der Waals surface area contributed by atoms with Crippen LogP contribution in [0.25, 0.3) is 22.0 Å². The molecule has 1 amide bonds. The Kier molecular flexibility index (Phi) is 2.79. The van der Waals surface area contributed by atoms with Gasteiger partial charge < -0.3 is 5.32 Å². The lowest BCUT2D eigenvalue weighted by molar-refractivity contribution is -0.115. The number of pyridine rings is 1. The molecule has 1 aliphatic heterocycles. The van der Waals surface area contributed by atoms with Gasteiger partial charge in [0.1, 0.15) is 10.7 Å². The van der Waals surface area contributed by atoms with Crippen LogP contribution in [0.2, 0.25) is 0 Å². The van der Waals surface area contributed by atoms with E-state index < -0.39 is 0 Å². The molecule has 0 saturated carbocycles. The fourth-order valence-electron chi connectivity index (χ4n) is 2.37. The Bertz CT molecular complexity index is 827. The highest BCUT2D eigenvalue weighted by Gasteiger charge is 2.19. The first kappa shape index (κ1) is 12.2. The second-order valence-electron chi connectivity index (χ2n) is 4.86. The number of nitrogens with one attached hydrogen (secondary N) is 1. The van der Waals surface area contributed by atoms with Crippen molar-refractivity contribution in [3.05, 3.63) is 53.5 Å².